The Hall–Kier alpha value is -0.610. The molecule has 3 N–H and O–H groups in total. The van der Waals surface area contributed by atoms with Gasteiger partial charge in [0.15, 0.2) is 0 Å². The molecule has 0 saturated carbocycles. The van der Waals surface area contributed by atoms with Crippen LogP contribution in [0.4, 0.5) is 0 Å². The van der Waals surface area contributed by atoms with Crippen molar-refractivity contribution >= 4 is 5.91 Å². The quantitative estimate of drug-likeness (QED) is 0.667. The van der Waals surface area contributed by atoms with Crippen molar-refractivity contribution in [3.05, 3.63) is 0 Å². The molecule has 0 aromatic rings. The monoisotopic (exact) mass is 242 g/mol. The molecule has 0 bridgehead atoms. The Labute approximate surface area is 104 Å². The third kappa shape index (κ3) is 4.28. The Balaban J connectivity index is 2.36. The van der Waals surface area contributed by atoms with E-state index >= 15 is 0 Å². The molecule has 1 saturated heterocycles. The molecule has 1 rings (SSSR count). The highest BCUT2D eigenvalue weighted by atomic mass is 16.3. The van der Waals surface area contributed by atoms with Crippen LogP contribution < -0.4 is 10.6 Å². The van der Waals surface area contributed by atoms with E-state index in [1.807, 2.05) is 0 Å². The molecule has 2 unspecified atom stereocenters. The van der Waals surface area contributed by atoms with Crippen molar-refractivity contribution in [3.8, 4) is 0 Å². The van der Waals surface area contributed by atoms with E-state index in [4.69, 9.17) is 0 Å². The predicted molar refractivity (Wildman–Crippen MR) is 68.6 cm³/mol. The van der Waals surface area contributed by atoms with Crippen LogP contribution in [0, 0.1) is 17.8 Å². The molecule has 1 amide bonds. The largest absolute Gasteiger partial charge is 0.392 e. The maximum Gasteiger partial charge on any atom is 0.237 e. The van der Waals surface area contributed by atoms with Crippen LogP contribution in [0.1, 0.15) is 34.1 Å². The lowest BCUT2D eigenvalue weighted by Gasteiger charge is -2.25. The summed E-state index contributed by atoms with van der Waals surface area (Å²) in [5, 5.41) is 15.4. The summed E-state index contributed by atoms with van der Waals surface area (Å²) >= 11 is 0. The van der Waals surface area contributed by atoms with E-state index in [9.17, 15) is 9.90 Å². The Kier molecular flexibility index (Phi) is 5.40. The van der Waals surface area contributed by atoms with E-state index in [2.05, 4.69) is 38.3 Å². The fraction of sp³-hybridized carbons (Fsp3) is 0.923. The summed E-state index contributed by atoms with van der Waals surface area (Å²) in [5.41, 5.74) is 0. The van der Waals surface area contributed by atoms with Crippen LogP contribution in [0.3, 0.4) is 0 Å². The summed E-state index contributed by atoms with van der Waals surface area (Å²) in [7, 11) is 0. The van der Waals surface area contributed by atoms with Crippen LogP contribution in [0.5, 0.6) is 0 Å². The Morgan fingerprint density at radius 2 is 1.94 bits per heavy atom. The molecule has 0 aromatic carbocycles. The van der Waals surface area contributed by atoms with Gasteiger partial charge < -0.3 is 15.7 Å². The van der Waals surface area contributed by atoms with Crippen LogP contribution >= 0.6 is 0 Å². The molecule has 1 aliphatic rings. The smallest absolute Gasteiger partial charge is 0.237 e. The summed E-state index contributed by atoms with van der Waals surface area (Å²) in [5.74, 6) is 1.66. The van der Waals surface area contributed by atoms with Gasteiger partial charge in [-0.15, -0.1) is 0 Å². The lowest BCUT2D eigenvalue weighted by Crippen LogP contribution is -2.43. The highest BCUT2D eigenvalue weighted by molar-refractivity contribution is 5.82. The molecule has 17 heavy (non-hydrogen) atoms. The number of amides is 1. The normalized spacial score (nSPS) is 24.9. The lowest BCUT2D eigenvalue weighted by molar-refractivity contribution is -0.123. The average molecular weight is 242 g/mol. The van der Waals surface area contributed by atoms with E-state index < -0.39 is 0 Å². The van der Waals surface area contributed by atoms with Gasteiger partial charge >= 0.3 is 0 Å². The predicted octanol–water partition coefficient (Wildman–Crippen LogP) is 0.754. The van der Waals surface area contributed by atoms with Crippen molar-refractivity contribution < 1.29 is 9.90 Å². The Morgan fingerprint density at radius 1 is 1.35 bits per heavy atom. The molecule has 100 valence electrons. The highest BCUT2D eigenvalue weighted by Crippen LogP contribution is 2.19. The number of aliphatic hydroxyl groups is 1. The first kappa shape index (κ1) is 14.5. The van der Waals surface area contributed by atoms with Gasteiger partial charge in [-0.3, -0.25) is 4.79 Å². The minimum atomic E-state index is -0.378. The topological polar surface area (TPSA) is 61.4 Å². The summed E-state index contributed by atoms with van der Waals surface area (Å²) in [6.07, 6.45) is 0.150. The summed E-state index contributed by atoms with van der Waals surface area (Å²) in [4.78, 5) is 11.9. The van der Waals surface area contributed by atoms with Gasteiger partial charge in [0.2, 0.25) is 5.91 Å². The average Bonchev–Trinajstić information content (AvgIpc) is 2.63. The van der Waals surface area contributed by atoms with Crippen molar-refractivity contribution in [2.75, 3.05) is 13.1 Å². The van der Waals surface area contributed by atoms with E-state index in [0.29, 0.717) is 30.7 Å². The van der Waals surface area contributed by atoms with Gasteiger partial charge in [0.05, 0.1) is 12.1 Å². The number of hydrogen-bond acceptors (Lipinski definition) is 3. The zero-order valence-electron chi connectivity index (χ0n) is 11.4. The number of β-amino-alcohol motifs (C(OH)–C–C–N with tert-alkyl or cyclic N) is 1. The Morgan fingerprint density at radius 3 is 2.35 bits per heavy atom. The summed E-state index contributed by atoms with van der Waals surface area (Å²) in [6.45, 7) is 10.0. The van der Waals surface area contributed by atoms with Crippen molar-refractivity contribution in [3.63, 3.8) is 0 Å². The van der Waals surface area contributed by atoms with Gasteiger partial charge in [0.1, 0.15) is 0 Å². The molecule has 4 nitrogen and oxygen atoms in total. The van der Waals surface area contributed by atoms with Gasteiger partial charge in [-0.1, -0.05) is 27.7 Å². The Bertz CT molecular complexity index is 246. The standard InChI is InChI=1S/C13H26N2O2/c1-8(2)11(9(3)4)7-15-13(17)12-5-10(16)6-14-12/h8-12,14,16H,5-7H2,1-4H3,(H,15,17). The third-order valence-corrected chi connectivity index (χ3v) is 3.65. The number of aliphatic hydroxyl groups excluding tert-OH is 1. The highest BCUT2D eigenvalue weighted by Gasteiger charge is 2.28. The molecule has 0 aromatic heterocycles. The van der Waals surface area contributed by atoms with E-state index in [1.54, 1.807) is 0 Å². The molecule has 1 aliphatic heterocycles. The van der Waals surface area contributed by atoms with Crippen molar-refractivity contribution in [2.45, 2.75) is 46.3 Å². The number of nitrogens with one attached hydrogen (secondary N) is 2. The van der Waals surface area contributed by atoms with Gasteiger partial charge in [-0.25, -0.2) is 0 Å². The van der Waals surface area contributed by atoms with Crippen LogP contribution in [0.2, 0.25) is 0 Å². The first-order valence-electron chi connectivity index (χ1n) is 6.61. The molecule has 0 radical (unpaired) electrons. The van der Waals surface area contributed by atoms with Crippen LogP contribution in [0.15, 0.2) is 0 Å². The molecule has 4 heteroatoms. The summed E-state index contributed by atoms with van der Waals surface area (Å²) in [6, 6.07) is -0.218. The maximum atomic E-state index is 11.9. The first-order chi connectivity index (χ1) is 7.91. The number of carbonyl (C=O) groups is 1. The minimum absolute atomic E-state index is 0.0212. The molecule has 1 heterocycles. The number of rotatable bonds is 5. The van der Waals surface area contributed by atoms with Gasteiger partial charge in [0.25, 0.3) is 0 Å². The SMILES string of the molecule is CC(C)C(CNC(=O)C1CC(O)CN1)C(C)C. The van der Waals surface area contributed by atoms with Crippen molar-refractivity contribution in [1.29, 1.82) is 0 Å². The second-order valence-electron chi connectivity index (χ2n) is 5.75. The van der Waals surface area contributed by atoms with Crippen LogP contribution in [0.25, 0.3) is 0 Å². The fourth-order valence-corrected chi connectivity index (χ4v) is 2.50. The third-order valence-electron chi connectivity index (χ3n) is 3.65. The summed E-state index contributed by atoms with van der Waals surface area (Å²) < 4.78 is 0. The molecule has 2 atom stereocenters. The lowest BCUT2D eigenvalue weighted by atomic mass is 9.85. The number of hydrogen-bond donors (Lipinski definition) is 3. The second kappa shape index (κ2) is 6.36. The second-order valence-corrected chi connectivity index (χ2v) is 5.75. The van der Waals surface area contributed by atoms with Crippen LogP contribution in [-0.2, 0) is 4.79 Å². The molecule has 0 aliphatic carbocycles. The molecule has 1 fully saturated rings. The van der Waals surface area contributed by atoms with E-state index in [1.165, 1.54) is 0 Å². The van der Waals surface area contributed by atoms with Gasteiger partial charge in [0, 0.05) is 13.1 Å². The fourth-order valence-electron chi connectivity index (χ4n) is 2.50. The first-order valence-corrected chi connectivity index (χ1v) is 6.61. The zero-order valence-corrected chi connectivity index (χ0v) is 11.4. The van der Waals surface area contributed by atoms with Crippen LogP contribution in [-0.4, -0.2) is 36.2 Å². The molecule has 0 spiro atoms. The zero-order chi connectivity index (χ0) is 13.0. The van der Waals surface area contributed by atoms with E-state index in [-0.39, 0.29) is 18.1 Å². The molecular weight excluding hydrogens is 216 g/mol. The minimum Gasteiger partial charge on any atom is -0.392 e. The number of carbonyl (C=O) groups excluding carboxylic acids is 1. The molecular formula is C13H26N2O2. The van der Waals surface area contributed by atoms with Gasteiger partial charge in [-0.05, 0) is 24.2 Å². The van der Waals surface area contributed by atoms with Crippen molar-refractivity contribution in [1.82, 2.24) is 10.6 Å². The van der Waals surface area contributed by atoms with E-state index in [0.717, 1.165) is 6.54 Å². The van der Waals surface area contributed by atoms with Crippen molar-refractivity contribution in [2.24, 2.45) is 17.8 Å². The maximum absolute atomic E-state index is 11.9. The van der Waals surface area contributed by atoms with Gasteiger partial charge in [-0.2, -0.15) is 0 Å².